The summed E-state index contributed by atoms with van der Waals surface area (Å²) < 4.78 is 10.4. The largest absolute Gasteiger partial charge is 0.467 e. The van der Waals surface area contributed by atoms with E-state index >= 15 is 0 Å². The van der Waals surface area contributed by atoms with E-state index in [1.807, 2.05) is 19.1 Å². The van der Waals surface area contributed by atoms with Crippen molar-refractivity contribution in [2.24, 2.45) is 0 Å². The van der Waals surface area contributed by atoms with Crippen molar-refractivity contribution >= 4 is 23.2 Å². The third kappa shape index (κ3) is 4.44. The van der Waals surface area contributed by atoms with Gasteiger partial charge in [-0.2, -0.15) is 0 Å². The number of methoxy groups -OCH3 is 1. The molecule has 0 bridgehead atoms. The van der Waals surface area contributed by atoms with Crippen LogP contribution < -0.4 is 10.6 Å². The number of carbonyl (C=O) groups is 2. The zero-order chi connectivity index (χ0) is 15.9. The molecule has 118 valence electrons. The van der Waals surface area contributed by atoms with E-state index in [1.54, 1.807) is 30.6 Å². The lowest BCUT2D eigenvalue weighted by Crippen LogP contribution is -2.41. The number of ether oxygens (including phenoxy) is 1. The number of aryl methyl sites for hydroxylation is 1. The van der Waals surface area contributed by atoms with Crippen LogP contribution in [0.5, 0.6) is 0 Å². The summed E-state index contributed by atoms with van der Waals surface area (Å²) in [5.41, 5.74) is 0. The summed E-state index contributed by atoms with van der Waals surface area (Å²) in [5, 5.41) is 5.06. The molecule has 0 aliphatic carbocycles. The normalized spacial score (nSPS) is 11.9. The van der Waals surface area contributed by atoms with Gasteiger partial charge in [-0.25, -0.2) is 0 Å². The van der Waals surface area contributed by atoms with Gasteiger partial charge in [0.25, 0.3) is 0 Å². The zero-order valence-electron chi connectivity index (χ0n) is 12.4. The molecule has 0 saturated carbocycles. The van der Waals surface area contributed by atoms with Gasteiger partial charge in [-0.15, -0.1) is 11.3 Å². The zero-order valence-corrected chi connectivity index (χ0v) is 13.2. The molecule has 1 unspecified atom stereocenters. The summed E-state index contributed by atoms with van der Waals surface area (Å²) in [6.45, 7) is 2.42. The maximum atomic E-state index is 11.8. The van der Waals surface area contributed by atoms with E-state index in [2.05, 4.69) is 10.6 Å². The third-order valence-electron chi connectivity index (χ3n) is 3.02. The maximum absolute atomic E-state index is 11.8. The van der Waals surface area contributed by atoms with Crippen molar-refractivity contribution in [3.8, 4) is 0 Å². The predicted molar refractivity (Wildman–Crippen MR) is 82.4 cm³/mol. The third-order valence-corrected chi connectivity index (χ3v) is 4.11. The highest BCUT2D eigenvalue weighted by Crippen LogP contribution is 2.24. The van der Waals surface area contributed by atoms with E-state index in [1.165, 1.54) is 11.1 Å². The van der Waals surface area contributed by atoms with Gasteiger partial charge in [0.05, 0.1) is 12.8 Å². The van der Waals surface area contributed by atoms with Gasteiger partial charge in [-0.05, 0) is 31.2 Å². The van der Waals surface area contributed by atoms with Gasteiger partial charge in [0.2, 0.25) is 0 Å². The lowest BCUT2D eigenvalue weighted by Gasteiger charge is -2.14. The predicted octanol–water partition coefficient (Wildman–Crippen LogP) is 1.77. The second-order valence-electron chi connectivity index (χ2n) is 4.64. The average molecular weight is 322 g/mol. The summed E-state index contributed by atoms with van der Waals surface area (Å²) in [6.07, 6.45) is 1.24. The van der Waals surface area contributed by atoms with Crippen molar-refractivity contribution < 1.29 is 18.7 Å². The molecule has 22 heavy (non-hydrogen) atoms. The van der Waals surface area contributed by atoms with Gasteiger partial charge in [0, 0.05) is 23.4 Å². The number of thiophene rings is 1. The average Bonchev–Trinajstić information content (AvgIpc) is 3.17. The van der Waals surface area contributed by atoms with Gasteiger partial charge in [0.15, 0.2) is 0 Å². The van der Waals surface area contributed by atoms with Gasteiger partial charge >= 0.3 is 11.8 Å². The van der Waals surface area contributed by atoms with Crippen LogP contribution in [0.15, 0.2) is 34.9 Å². The number of hydrogen-bond donors (Lipinski definition) is 2. The van der Waals surface area contributed by atoms with E-state index in [4.69, 9.17) is 9.15 Å². The maximum Gasteiger partial charge on any atom is 0.309 e. The molecule has 0 saturated heterocycles. The second-order valence-corrected chi connectivity index (χ2v) is 5.96. The smallest absolute Gasteiger partial charge is 0.309 e. The van der Waals surface area contributed by atoms with Crippen LogP contribution in [-0.4, -0.2) is 25.5 Å². The second kappa shape index (κ2) is 7.77. The van der Waals surface area contributed by atoms with Crippen LogP contribution in [0.25, 0.3) is 0 Å². The van der Waals surface area contributed by atoms with Crippen LogP contribution in [0.4, 0.5) is 0 Å². The summed E-state index contributed by atoms with van der Waals surface area (Å²) >= 11 is 1.60. The van der Waals surface area contributed by atoms with Crippen LogP contribution >= 0.6 is 11.3 Å². The number of hydrogen-bond acceptors (Lipinski definition) is 5. The van der Waals surface area contributed by atoms with Crippen molar-refractivity contribution in [1.82, 2.24) is 10.6 Å². The Bertz CT molecular complexity index is 621. The van der Waals surface area contributed by atoms with Crippen LogP contribution in [0.2, 0.25) is 0 Å². The molecule has 1 atom stereocenters. The highest BCUT2D eigenvalue weighted by molar-refractivity contribution is 7.12. The Labute approximate surface area is 132 Å². The van der Waals surface area contributed by atoms with Gasteiger partial charge in [0.1, 0.15) is 11.9 Å². The first-order chi connectivity index (χ1) is 10.6. The minimum absolute atomic E-state index is 0.178. The first-order valence-corrected chi connectivity index (χ1v) is 7.59. The Kier molecular flexibility index (Phi) is 5.74. The topological polar surface area (TPSA) is 80.6 Å². The Balaban J connectivity index is 1.79. The van der Waals surface area contributed by atoms with E-state index in [-0.39, 0.29) is 19.2 Å². The fraction of sp³-hybridized carbons (Fsp3) is 0.333. The SMILES string of the molecule is COC(CNC(=O)C(=O)NCc1ccco1)c1ccc(C)s1. The number of furan rings is 1. The summed E-state index contributed by atoms with van der Waals surface area (Å²) in [5.74, 6) is -0.805. The van der Waals surface area contributed by atoms with Crippen molar-refractivity contribution in [2.45, 2.75) is 19.6 Å². The van der Waals surface area contributed by atoms with Crippen LogP contribution in [0.3, 0.4) is 0 Å². The Morgan fingerprint density at radius 1 is 1.27 bits per heavy atom. The quantitative estimate of drug-likeness (QED) is 0.794. The molecule has 0 aliphatic heterocycles. The summed E-state index contributed by atoms with van der Waals surface area (Å²) in [7, 11) is 1.57. The molecule has 0 fully saturated rings. The number of rotatable bonds is 6. The van der Waals surface area contributed by atoms with E-state index in [9.17, 15) is 9.59 Å². The number of nitrogens with one attached hydrogen (secondary N) is 2. The fourth-order valence-corrected chi connectivity index (χ4v) is 2.81. The molecule has 2 aromatic heterocycles. The van der Waals surface area contributed by atoms with Gasteiger partial charge in [-0.1, -0.05) is 0 Å². The van der Waals surface area contributed by atoms with E-state index < -0.39 is 11.8 Å². The highest BCUT2D eigenvalue weighted by atomic mass is 32.1. The van der Waals surface area contributed by atoms with Crippen molar-refractivity contribution in [1.29, 1.82) is 0 Å². The summed E-state index contributed by atoms with van der Waals surface area (Å²) in [4.78, 5) is 25.6. The highest BCUT2D eigenvalue weighted by Gasteiger charge is 2.18. The first kappa shape index (κ1) is 16.3. The molecule has 0 aliphatic rings. The fourth-order valence-electron chi connectivity index (χ4n) is 1.85. The van der Waals surface area contributed by atoms with Gasteiger partial charge in [-0.3, -0.25) is 9.59 Å². The minimum Gasteiger partial charge on any atom is -0.467 e. The number of carbonyl (C=O) groups excluding carboxylic acids is 2. The first-order valence-electron chi connectivity index (χ1n) is 6.77. The summed E-state index contributed by atoms with van der Waals surface area (Å²) in [6, 6.07) is 7.38. The minimum atomic E-state index is -0.700. The molecule has 0 radical (unpaired) electrons. The molecule has 7 heteroatoms. The van der Waals surface area contributed by atoms with Gasteiger partial charge < -0.3 is 19.8 Å². The molecule has 2 heterocycles. The Morgan fingerprint density at radius 2 is 2.05 bits per heavy atom. The molecule has 0 spiro atoms. The van der Waals surface area contributed by atoms with Crippen LogP contribution in [-0.2, 0) is 20.9 Å². The van der Waals surface area contributed by atoms with Crippen molar-refractivity contribution in [3.63, 3.8) is 0 Å². The molecule has 6 nitrogen and oxygen atoms in total. The molecule has 2 N–H and O–H groups in total. The number of amides is 2. The van der Waals surface area contributed by atoms with Crippen LogP contribution in [0.1, 0.15) is 21.6 Å². The molecule has 2 rings (SSSR count). The lowest BCUT2D eigenvalue weighted by molar-refractivity contribution is -0.139. The monoisotopic (exact) mass is 322 g/mol. The standard InChI is InChI=1S/C15H18N2O4S/c1-10-5-6-13(22-10)12(20-2)9-17-15(19)14(18)16-8-11-4-3-7-21-11/h3-7,12H,8-9H2,1-2H3,(H,16,18)(H,17,19). The lowest BCUT2D eigenvalue weighted by atomic mass is 10.3. The Hall–Kier alpha value is -2.12. The van der Waals surface area contributed by atoms with E-state index in [0.29, 0.717) is 5.76 Å². The molecule has 2 aromatic rings. The molecular formula is C15H18N2O4S. The molecular weight excluding hydrogens is 304 g/mol. The molecule has 0 aromatic carbocycles. The Morgan fingerprint density at radius 3 is 2.64 bits per heavy atom. The van der Waals surface area contributed by atoms with Crippen molar-refractivity contribution in [2.75, 3.05) is 13.7 Å². The van der Waals surface area contributed by atoms with Crippen molar-refractivity contribution in [3.05, 3.63) is 46.0 Å². The van der Waals surface area contributed by atoms with E-state index in [0.717, 1.165) is 4.88 Å². The van der Waals surface area contributed by atoms with Crippen LogP contribution in [0, 0.1) is 6.92 Å². The molecule has 2 amide bonds.